The number of nitrogens with zero attached hydrogens (tertiary/aromatic N) is 2. The summed E-state index contributed by atoms with van der Waals surface area (Å²) in [6, 6.07) is 7.57. The van der Waals surface area contributed by atoms with E-state index in [1.165, 1.54) is 6.92 Å². The van der Waals surface area contributed by atoms with Gasteiger partial charge in [-0.2, -0.15) is 0 Å². The number of nitrogens with one attached hydrogen (secondary N) is 1. The van der Waals surface area contributed by atoms with Gasteiger partial charge >= 0.3 is 0 Å². The molecule has 3 amide bonds. The monoisotopic (exact) mass is 343 g/mol. The minimum Gasteiger partial charge on any atom is -0.351 e. The molecular weight excluding hydrogens is 318 g/mol. The highest BCUT2D eigenvalue weighted by molar-refractivity contribution is 5.88. The molecule has 6 heteroatoms. The van der Waals surface area contributed by atoms with E-state index in [9.17, 15) is 14.4 Å². The van der Waals surface area contributed by atoms with E-state index in [1.54, 1.807) is 16.7 Å². The van der Waals surface area contributed by atoms with Crippen molar-refractivity contribution in [1.82, 2.24) is 15.1 Å². The minimum absolute atomic E-state index is 0.0640. The molecule has 1 aromatic carbocycles. The van der Waals surface area contributed by atoms with Crippen LogP contribution in [0.2, 0.25) is 0 Å². The predicted molar refractivity (Wildman–Crippen MR) is 93.6 cm³/mol. The van der Waals surface area contributed by atoms with Crippen LogP contribution in [0.3, 0.4) is 0 Å². The zero-order valence-corrected chi connectivity index (χ0v) is 14.8. The molecule has 134 valence electrons. The van der Waals surface area contributed by atoms with Crippen molar-refractivity contribution in [2.45, 2.75) is 51.7 Å². The highest BCUT2D eigenvalue weighted by Crippen LogP contribution is 2.24. The quantitative estimate of drug-likeness (QED) is 0.874. The molecule has 1 aromatic rings. The second kappa shape index (κ2) is 7.25. The van der Waals surface area contributed by atoms with Gasteiger partial charge in [0, 0.05) is 45.9 Å². The molecule has 25 heavy (non-hydrogen) atoms. The SMILES string of the molecule is CC(=O)N1CCC(NC(=O)[C@@H]2Cc3ccccc3CN2C(C)=O)CC1. The van der Waals surface area contributed by atoms with Crippen molar-refractivity contribution in [1.29, 1.82) is 0 Å². The molecule has 3 rings (SSSR count). The van der Waals surface area contributed by atoms with E-state index in [0.717, 1.165) is 24.0 Å². The van der Waals surface area contributed by atoms with Crippen molar-refractivity contribution in [2.24, 2.45) is 0 Å². The molecule has 6 nitrogen and oxygen atoms in total. The van der Waals surface area contributed by atoms with E-state index in [2.05, 4.69) is 5.32 Å². The number of benzene rings is 1. The second-order valence-corrected chi connectivity index (χ2v) is 6.92. The lowest BCUT2D eigenvalue weighted by Gasteiger charge is -2.37. The molecule has 1 N–H and O–H groups in total. The van der Waals surface area contributed by atoms with Crippen LogP contribution in [-0.2, 0) is 27.3 Å². The van der Waals surface area contributed by atoms with Crippen LogP contribution >= 0.6 is 0 Å². The van der Waals surface area contributed by atoms with Crippen molar-refractivity contribution in [3.05, 3.63) is 35.4 Å². The van der Waals surface area contributed by atoms with Crippen molar-refractivity contribution < 1.29 is 14.4 Å². The van der Waals surface area contributed by atoms with Crippen molar-refractivity contribution in [3.63, 3.8) is 0 Å². The smallest absolute Gasteiger partial charge is 0.243 e. The molecule has 0 radical (unpaired) electrons. The second-order valence-electron chi connectivity index (χ2n) is 6.92. The zero-order chi connectivity index (χ0) is 18.0. The topological polar surface area (TPSA) is 69.7 Å². The third-order valence-corrected chi connectivity index (χ3v) is 5.24. The molecule has 2 aliphatic heterocycles. The summed E-state index contributed by atoms with van der Waals surface area (Å²) in [5.41, 5.74) is 2.24. The number of rotatable bonds is 2. The highest BCUT2D eigenvalue weighted by Gasteiger charge is 2.34. The van der Waals surface area contributed by atoms with Gasteiger partial charge in [-0.05, 0) is 24.0 Å². The van der Waals surface area contributed by atoms with Crippen LogP contribution in [0.25, 0.3) is 0 Å². The van der Waals surface area contributed by atoms with Crippen LogP contribution < -0.4 is 5.32 Å². The summed E-state index contributed by atoms with van der Waals surface area (Å²) in [6.45, 7) is 4.91. The maximum absolute atomic E-state index is 12.8. The van der Waals surface area contributed by atoms with E-state index in [0.29, 0.717) is 26.1 Å². The van der Waals surface area contributed by atoms with Crippen LogP contribution in [0.4, 0.5) is 0 Å². The maximum Gasteiger partial charge on any atom is 0.243 e. The Kier molecular flexibility index (Phi) is 5.06. The molecule has 0 aromatic heterocycles. The first-order valence-corrected chi connectivity index (χ1v) is 8.85. The van der Waals surface area contributed by atoms with E-state index < -0.39 is 6.04 Å². The van der Waals surface area contributed by atoms with Gasteiger partial charge in [0.15, 0.2) is 0 Å². The number of piperidine rings is 1. The van der Waals surface area contributed by atoms with Gasteiger partial charge in [0.1, 0.15) is 6.04 Å². The van der Waals surface area contributed by atoms with Gasteiger partial charge < -0.3 is 15.1 Å². The fourth-order valence-corrected chi connectivity index (χ4v) is 3.72. The average molecular weight is 343 g/mol. The summed E-state index contributed by atoms with van der Waals surface area (Å²) in [6.07, 6.45) is 2.07. The van der Waals surface area contributed by atoms with Crippen molar-refractivity contribution >= 4 is 17.7 Å². The third-order valence-electron chi connectivity index (χ3n) is 5.24. The fourth-order valence-electron chi connectivity index (χ4n) is 3.72. The fraction of sp³-hybridized carbons (Fsp3) is 0.526. The summed E-state index contributed by atoms with van der Waals surface area (Å²) in [7, 11) is 0. The summed E-state index contributed by atoms with van der Waals surface area (Å²) < 4.78 is 0. The Hall–Kier alpha value is -2.37. The molecular formula is C19H25N3O3. The van der Waals surface area contributed by atoms with Gasteiger partial charge in [0.25, 0.3) is 0 Å². The zero-order valence-electron chi connectivity index (χ0n) is 14.8. The van der Waals surface area contributed by atoms with Crippen molar-refractivity contribution in [2.75, 3.05) is 13.1 Å². The van der Waals surface area contributed by atoms with Crippen LogP contribution in [0.15, 0.2) is 24.3 Å². The lowest BCUT2D eigenvalue weighted by atomic mass is 9.93. The molecule has 1 fully saturated rings. The van der Waals surface area contributed by atoms with Gasteiger partial charge in [-0.1, -0.05) is 24.3 Å². The molecule has 1 atom stereocenters. The number of fused-ring (bicyclic) bond motifs is 1. The highest BCUT2D eigenvalue weighted by atomic mass is 16.2. The van der Waals surface area contributed by atoms with Gasteiger partial charge in [0.05, 0.1) is 0 Å². The van der Waals surface area contributed by atoms with Crippen LogP contribution in [0.5, 0.6) is 0 Å². The summed E-state index contributed by atoms with van der Waals surface area (Å²) in [4.78, 5) is 39.7. The number of likely N-dealkylation sites (tertiary alicyclic amines) is 1. The Morgan fingerprint density at radius 1 is 1.00 bits per heavy atom. The first kappa shape index (κ1) is 17.5. The summed E-state index contributed by atoms with van der Waals surface area (Å²) in [5, 5.41) is 3.09. The summed E-state index contributed by atoms with van der Waals surface area (Å²) >= 11 is 0. The van der Waals surface area contributed by atoms with Crippen molar-refractivity contribution in [3.8, 4) is 0 Å². The van der Waals surface area contributed by atoms with E-state index >= 15 is 0 Å². The normalized spacial score (nSPS) is 20.8. The maximum atomic E-state index is 12.8. The Balaban J connectivity index is 1.66. The Morgan fingerprint density at radius 3 is 2.24 bits per heavy atom. The number of hydrogen-bond acceptors (Lipinski definition) is 3. The first-order chi connectivity index (χ1) is 12.0. The number of amides is 3. The number of carbonyl (C=O) groups is 3. The lowest BCUT2D eigenvalue weighted by Crippen LogP contribution is -2.55. The van der Waals surface area contributed by atoms with Gasteiger partial charge in [0.2, 0.25) is 17.7 Å². The molecule has 0 bridgehead atoms. The van der Waals surface area contributed by atoms with Crippen LogP contribution in [-0.4, -0.2) is 52.7 Å². The van der Waals surface area contributed by atoms with Gasteiger partial charge in [-0.25, -0.2) is 0 Å². The molecule has 1 saturated heterocycles. The molecule has 0 aliphatic carbocycles. The van der Waals surface area contributed by atoms with Crippen LogP contribution in [0.1, 0.15) is 37.8 Å². The van der Waals surface area contributed by atoms with Gasteiger partial charge in [-0.3, -0.25) is 14.4 Å². The lowest BCUT2D eigenvalue weighted by molar-refractivity contribution is -0.140. The Morgan fingerprint density at radius 2 is 1.64 bits per heavy atom. The minimum atomic E-state index is -0.460. The number of hydrogen-bond donors (Lipinski definition) is 1. The summed E-state index contributed by atoms with van der Waals surface area (Å²) in [5.74, 6) is -0.0940. The molecule has 0 spiro atoms. The first-order valence-electron chi connectivity index (χ1n) is 8.85. The third kappa shape index (κ3) is 3.83. The predicted octanol–water partition coefficient (Wildman–Crippen LogP) is 1.09. The van der Waals surface area contributed by atoms with Crippen LogP contribution in [0, 0.1) is 0 Å². The average Bonchev–Trinajstić information content (AvgIpc) is 2.61. The standard InChI is InChI=1S/C19H25N3O3/c1-13(23)21-9-7-17(8-10-21)20-19(25)18-11-15-5-3-4-6-16(15)12-22(18)14(2)24/h3-6,17-18H,7-12H2,1-2H3,(H,20,25)/t18-/m0/s1. The van der Waals surface area contributed by atoms with E-state index in [-0.39, 0.29) is 23.8 Å². The Labute approximate surface area is 148 Å². The molecule has 2 heterocycles. The van der Waals surface area contributed by atoms with E-state index in [1.807, 2.05) is 24.3 Å². The van der Waals surface area contributed by atoms with Gasteiger partial charge in [-0.15, -0.1) is 0 Å². The molecule has 0 saturated carbocycles. The molecule has 2 aliphatic rings. The van der Waals surface area contributed by atoms with E-state index in [4.69, 9.17) is 0 Å². The largest absolute Gasteiger partial charge is 0.351 e. The number of carbonyl (C=O) groups excluding carboxylic acids is 3. The molecule has 0 unspecified atom stereocenters. The Bertz CT molecular complexity index is 680.